The molecule has 2 aromatic rings. The number of nitrogens with one attached hydrogen (secondary N) is 1. The number of hydrogen-bond acceptors (Lipinski definition) is 3. The van der Waals surface area contributed by atoms with E-state index in [4.69, 9.17) is 4.74 Å². The zero-order chi connectivity index (χ0) is 18.1. The Labute approximate surface area is 153 Å². The van der Waals surface area contributed by atoms with Crippen molar-refractivity contribution in [2.45, 2.75) is 32.1 Å². The van der Waals surface area contributed by atoms with E-state index in [1.807, 2.05) is 6.92 Å². The molecule has 134 valence electrons. The van der Waals surface area contributed by atoms with E-state index in [-0.39, 0.29) is 11.7 Å². The number of halogens is 1. The molecule has 0 heterocycles. The molecule has 0 aliphatic heterocycles. The standard InChI is InChI=1S/C20H24FNO2S/c1-3-19(24-18-10-8-17(21)9-11-18)20(23)22-12-13-25-14-16-6-4-15(2)5-7-16/h4-11,19H,3,12-14H2,1-2H3,(H,22,23)/t19-/m1/s1. The van der Waals surface area contributed by atoms with E-state index in [9.17, 15) is 9.18 Å². The molecule has 0 aromatic heterocycles. The number of carbonyl (C=O) groups excluding carboxylic acids is 1. The summed E-state index contributed by atoms with van der Waals surface area (Å²) >= 11 is 1.78. The van der Waals surface area contributed by atoms with Crippen molar-refractivity contribution in [2.24, 2.45) is 0 Å². The summed E-state index contributed by atoms with van der Waals surface area (Å²) in [6.07, 6.45) is -0.00717. The predicted molar refractivity (Wildman–Crippen MR) is 101 cm³/mol. The Hall–Kier alpha value is -2.01. The van der Waals surface area contributed by atoms with Crippen molar-refractivity contribution in [1.82, 2.24) is 5.32 Å². The van der Waals surface area contributed by atoms with Crippen LogP contribution >= 0.6 is 11.8 Å². The lowest BCUT2D eigenvalue weighted by Gasteiger charge is -2.17. The first-order valence-electron chi connectivity index (χ1n) is 8.41. The van der Waals surface area contributed by atoms with Gasteiger partial charge in [0.1, 0.15) is 11.6 Å². The molecule has 0 saturated carbocycles. The second-order valence-electron chi connectivity index (χ2n) is 5.80. The summed E-state index contributed by atoms with van der Waals surface area (Å²) in [5.74, 6) is 1.81. The van der Waals surface area contributed by atoms with Gasteiger partial charge in [-0.1, -0.05) is 36.8 Å². The number of amides is 1. The monoisotopic (exact) mass is 361 g/mol. The van der Waals surface area contributed by atoms with Crippen molar-refractivity contribution in [3.05, 3.63) is 65.5 Å². The molecular formula is C20H24FNO2S. The Bertz CT molecular complexity index is 658. The van der Waals surface area contributed by atoms with E-state index in [1.54, 1.807) is 11.8 Å². The normalized spacial score (nSPS) is 11.8. The lowest BCUT2D eigenvalue weighted by atomic mass is 10.2. The van der Waals surface area contributed by atoms with Crippen molar-refractivity contribution < 1.29 is 13.9 Å². The highest BCUT2D eigenvalue weighted by Crippen LogP contribution is 2.15. The molecule has 0 bridgehead atoms. The first-order chi connectivity index (χ1) is 12.1. The smallest absolute Gasteiger partial charge is 0.261 e. The van der Waals surface area contributed by atoms with Crippen LogP contribution in [-0.2, 0) is 10.5 Å². The van der Waals surface area contributed by atoms with Crippen molar-refractivity contribution in [3.63, 3.8) is 0 Å². The summed E-state index contributed by atoms with van der Waals surface area (Å²) in [5.41, 5.74) is 2.54. The minimum atomic E-state index is -0.562. The van der Waals surface area contributed by atoms with Gasteiger partial charge in [0.05, 0.1) is 0 Å². The van der Waals surface area contributed by atoms with E-state index in [0.717, 1.165) is 11.5 Å². The highest BCUT2D eigenvalue weighted by molar-refractivity contribution is 7.98. The van der Waals surface area contributed by atoms with E-state index >= 15 is 0 Å². The molecule has 1 N–H and O–H groups in total. The fourth-order valence-electron chi connectivity index (χ4n) is 2.23. The zero-order valence-electron chi connectivity index (χ0n) is 14.6. The molecule has 0 radical (unpaired) electrons. The highest BCUT2D eigenvalue weighted by atomic mass is 32.2. The second-order valence-corrected chi connectivity index (χ2v) is 6.90. The molecule has 2 rings (SSSR count). The molecule has 1 amide bonds. The van der Waals surface area contributed by atoms with Crippen LogP contribution in [0.4, 0.5) is 4.39 Å². The van der Waals surface area contributed by atoms with Gasteiger partial charge in [-0.15, -0.1) is 0 Å². The minimum absolute atomic E-state index is 0.136. The quantitative estimate of drug-likeness (QED) is 0.675. The molecule has 0 aliphatic rings. The Morgan fingerprint density at radius 3 is 2.48 bits per heavy atom. The van der Waals surface area contributed by atoms with Crippen molar-refractivity contribution in [1.29, 1.82) is 0 Å². The summed E-state index contributed by atoms with van der Waals surface area (Å²) in [6, 6.07) is 14.2. The number of hydrogen-bond donors (Lipinski definition) is 1. The van der Waals surface area contributed by atoms with Crippen molar-refractivity contribution >= 4 is 17.7 Å². The maximum atomic E-state index is 12.9. The molecule has 2 aromatic carbocycles. The Balaban J connectivity index is 1.68. The van der Waals surface area contributed by atoms with Gasteiger partial charge in [0.2, 0.25) is 0 Å². The summed E-state index contributed by atoms with van der Waals surface area (Å²) < 4.78 is 18.5. The van der Waals surface area contributed by atoms with Gasteiger partial charge in [-0.05, 0) is 43.2 Å². The Morgan fingerprint density at radius 2 is 1.84 bits per heavy atom. The first-order valence-corrected chi connectivity index (χ1v) is 9.57. The molecule has 1 atom stereocenters. The van der Waals surface area contributed by atoms with Gasteiger partial charge in [-0.3, -0.25) is 4.79 Å². The molecule has 25 heavy (non-hydrogen) atoms. The largest absolute Gasteiger partial charge is 0.481 e. The van der Waals surface area contributed by atoms with Crippen LogP contribution in [0.15, 0.2) is 48.5 Å². The molecule has 0 saturated heterocycles. The van der Waals surface area contributed by atoms with Crippen molar-refractivity contribution in [2.75, 3.05) is 12.3 Å². The Kier molecular flexibility index (Phi) is 7.79. The molecule has 0 unspecified atom stereocenters. The third-order valence-electron chi connectivity index (χ3n) is 3.69. The third-order valence-corrected chi connectivity index (χ3v) is 4.72. The van der Waals surface area contributed by atoms with Crippen LogP contribution in [0.5, 0.6) is 5.75 Å². The number of thioether (sulfide) groups is 1. The van der Waals surface area contributed by atoms with Gasteiger partial charge in [-0.2, -0.15) is 11.8 Å². The third kappa shape index (κ3) is 6.78. The van der Waals surface area contributed by atoms with Gasteiger partial charge in [0, 0.05) is 18.1 Å². The summed E-state index contributed by atoms with van der Waals surface area (Å²) in [6.45, 7) is 4.56. The minimum Gasteiger partial charge on any atom is -0.481 e. The van der Waals surface area contributed by atoms with E-state index in [2.05, 4.69) is 36.5 Å². The van der Waals surface area contributed by atoms with Crippen LogP contribution in [0.25, 0.3) is 0 Å². The first kappa shape index (κ1) is 19.3. The van der Waals surface area contributed by atoms with Crippen LogP contribution in [0.3, 0.4) is 0 Å². The maximum absolute atomic E-state index is 12.9. The highest BCUT2D eigenvalue weighted by Gasteiger charge is 2.17. The van der Waals surface area contributed by atoms with Crippen LogP contribution in [0.1, 0.15) is 24.5 Å². The van der Waals surface area contributed by atoms with E-state index < -0.39 is 6.10 Å². The molecule has 0 aliphatic carbocycles. The van der Waals surface area contributed by atoms with Crippen LogP contribution < -0.4 is 10.1 Å². The van der Waals surface area contributed by atoms with Gasteiger partial charge in [0.15, 0.2) is 6.10 Å². The number of benzene rings is 2. The predicted octanol–water partition coefficient (Wildman–Crippen LogP) is 4.34. The van der Waals surface area contributed by atoms with Crippen molar-refractivity contribution in [3.8, 4) is 5.75 Å². The van der Waals surface area contributed by atoms with Gasteiger partial charge < -0.3 is 10.1 Å². The zero-order valence-corrected chi connectivity index (χ0v) is 15.4. The van der Waals surface area contributed by atoms with E-state index in [1.165, 1.54) is 35.4 Å². The summed E-state index contributed by atoms with van der Waals surface area (Å²) in [4.78, 5) is 12.2. The number of aryl methyl sites for hydroxylation is 1. The topological polar surface area (TPSA) is 38.3 Å². The number of ether oxygens (including phenoxy) is 1. The number of rotatable bonds is 9. The average Bonchev–Trinajstić information content (AvgIpc) is 2.62. The summed E-state index contributed by atoms with van der Waals surface area (Å²) in [7, 11) is 0. The number of carbonyl (C=O) groups is 1. The van der Waals surface area contributed by atoms with Crippen LogP contribution in [-0.4, -0.2) is 24.3 Å². The molecular weight excluding hydrogens is 337 g/mol. The summed E-state index contributed by atoms with van der Waals surface area (Å²) in [5, 5.41) is 2.90. The molecule has 0 spiro atoms. The van der Waals surface area contributed by atoms with Crippen LogP contribution in [0.2, 0.25) is 0 Å². The van der Waals surface area contributed by atoms with Gasteiger partial charge in [-0.25, -0.2) is 4.39 Å². The second kappa shape index (κ2) is 10.1. The van der Waals surface area contributed by atoms with Crippen LogP contribution in [0, 0.1) is 12.7 Å². The lowest BCUT2D eigenvalue weighted by Crippen LogP contribution is -2.39. The Morgan fingerprint density at radius 1 is 1.16 bits per heavy atom. The molecule has 5 heteroatoms. The fourth-order valence-corrected chi connectivity index (χ4v) is 3.05. The van der Waals surface area contributed by atoms with E-state index in [0.29, 0.717) is 18.7 Å². The maximum Gasteiger partial charge on any atom is 0.261 e. The SMILES string of the molecule is CC[C@@H](Oc1ccc(F)cc1)C(=O)NCCSCc1ccc(C)cc1. The lowest BCUT2D eigenvalue weighted by molar-refractivity contribution is -0.127. The average molecular weight is 361 g/mol. The fraction of sp³-hybridized carbons (Fsp3) is 0.350. The molecule has 0 fully saturated rings. The van der Waals surface area contributed by atoms with Gasteiger partial charge in [0.25, 0.3) is 5.91 Å². The van der Waals surface area contributed by atoms with Gasteiger partial charge >= 0.3 is 0 Å². The molecule has 3 nitrogen and oxygen atoms in total.